The minimum Gasteiger partial charge on any atom is -0.466 e. The molecule has 2 atom stereocenters. The lowest BCUT2D eigenvalue weighted by Gasteiger charge is -2.22. The van der Waals surface area contributed by atoms with E-state index in [0.717, 1.165) is 38.5 Å². The van der Waals surface area contributed by atoms with E-state index in [4.69, 9.17) is 4.74 Å². The standard InChI is InChI=1S/C85H167NO5/c1-3-5-7-9-11-13-15-17-18-19-20-21-22-36-39-42-45-48-51-54-57-61-65-69-73-77-83(88)82(81-87)86-84(89)78-74-70-66-62-58-55-52-49-46-43-40-37-34-32-30-28-26-24-23-25-27-29-31-33-35-38-41-44-47-50-53-56-60-64-68-72-76-80-91-85(90)79-75-71-67-63-59-16-14-12-10-8-6-4-2/h23,25,82-83,87-88H,3-22,24,26-81H2,1-2H3,(H,86,89)/b25-23-. The minimum absolute atomic E-state index is 0.0234. The number of ether oxygens (including phenoxy) is 1. The Morgan fingerprint density at radius 3 is 0.780 bits per heavy atom. The normalized spacial score (nSPS) is 12.4. The summed E-state index contributed by atoms with van der Waals surface area (Å²) in [6.07, 6.45) is 103. The molecule has 0 heterocycles. The fourth-order valence-electron chi connectivity index (χ4n) is 13.9. The van der Waals surface area contributed by atoms with Crippen molar-refractivity contribution in [1.29, 1.82) is 0 Å². The highest BCUT2D eigenvalue weighted by molar-refractivity contribution is 5.76. The number of aliphatic hydroxyl groups excluding tert-OH is 2. The monoisotopic (exact) mass is 1280 g/mol. The van der Waals surface area contributed by atoms with Crippen LogP contribution in [0.5, 0.6) is 0 Å². The van der Waals surface area contributed by atoms with Gasteiger partial charge in [-0.3, -0.25) is 9.59 Å². The zero-order valence-corrected chi connectivity index (χ0v) is 62.4. The zero-order chi connectivity index (χ0) is 65.6. The summed E-state index contributed by atoms with van der Waals surface area (Å²) >= 11 is 0. The van der Waals surface area contributed by atoms with Crippen LogP contribution in [0.4, 0.5) is 0 Å². The maximum atomic E-state index is 12.6. The highest BCUT2D eigenvalue weighted by atomic mass is 16.5. The number of unbranched alkanes of at least 4 members (excludes halogenated alkanes) is 68. The lowest BCUT2D eigenvalue weighted by molar-refractivity contribution is -0.143. The van der Waals surface area contributed by atoms with Crippen LogP contribution in [-0.4, -0.2) is 47.4 Å². The lowest BCUT2D eigenvalue weighted by Crippen LogP contribution is -2.45. The first-order valence-electron chi connectivity index (χ1n) is 42.4. The first-order valence-corrected chi connectivity index (χ1v) is 42.4. The maximum Gasteiger partial charge on any atom is 0.305 e. The van der Waals surface area contributed by atoms with Gasteiger partial charge in [0, 0.05) is 12.8 Å². The van der Waals surface area contributed by atoms with Crippen LogP contribution in [0.3, 0.4) is 0 Å². The van der Waals surface area contributed by atoms with E-state index in [2.05, 4.69) is 31.3 Å². The maximum absolute atomic E-state index is 12.6. The van der Waals surface area contributed by atoms with E-state index in [1.54, 1.807) is 0 Å². The molecular formula is C85H167NO5. The van der Waals surface area contributed by atoms with E-state index < -0.39 is 12.1 Å². The molecule has 6 nitrogen and oxygen atoms in total. The van der Waals surface area contributed by atoms with Gasteiger partial charge >= 0.3 is 5.97 Å². The van der Waals surface area contributed by atoms with E-state index in [-0.39, 0.29) is 18.5 Å². The van der Waals surface area contributed by atoms with E-state index in [9.17, 15) is 19.8 Å². The van der Waals surface area contributed by atoms with E-state index >= 15 is 0 Å². The Bertz CT molecular complexity index is 1380. The fourth-order valence-corrected chi connectivity index (χ4v) is 13.9. The Labute approximate surface area is 571 Å². The number of nitrogens with one attached hydrogen (secondary N) is 1. The third kappa shape index (κ3) is 77.5. The number of aliphatic hydroxyl groups is 2. The number of amides is 1. The molecule has 0 rings (SSSR count). The number of carbonyl (C=O) groups excluding carboxylic acids is 2. The summed E-state index contributed by atoms with van der Waals surface area (Å²) in [4.78, 5) is 24.6. The molecule has 542 valence electrons. The molecule has 0 aliphatic heterocycles. The molecule has 2 unspecified atom stereocenters. The van der Waals surface area contributed by atoms with Gasteiger partial charge < -0.3 is 20.3 Å². The van der Waals surface area contributed by atoms with Crippen molar-refractivity contribution < 1.29 is 24.5 Å². The van der Waals surface area contributed by atoms with Crippen molar-refractivity contribution in [3.05, 3.63) is 12.2 Å². The summed E-state index contributed by atoms with van der Waals surface area (Å²) in [5, 5.41) is 23.5. The van der Waals surface area contributed by atoms with Gasteiger partial charge in [0.1, 0.15) is 0 Å². The van der Waals surface area contributed by atoms with Gasteiger partial charge in [0.05, 0.1) is 25.4 Å². The zero-order valence-electron chi connectivity index (χ0n) is 62.4. The van der Waals surface area contributed by atoms with Crippen LogP contribution in [0.1, 0.15) is 495 Å². The van der Waals surface area contributed by atoms with Gasteiger partial charge in [0.25, 0.3) is 0 Å². The molecule has 0 aromatic heterocycles. The Kier molecular flexibility index (Phi) is 79.8. The average Bonchev–Trinajstić information content (AvgIpc) is 3.76. The number of rotatable bonds is 81. The summed E-state index contributed by atoms with van der Waals surface area (Å²) in [6, 6.07) is -0.539. The van der Waals surface area contributed by atoms with Crippen molar-refractivity contribution >= 4 is 11.9 Å². The molecule has 91 heavy (non-hydrogen) atoms. The van der Waals surface area contributed by atoms with Crippen molar-refractivity contribution in [2.24, 2.45) is 0 Å². The molecule has 3 N–H and O–H groups in total. The smallest absolute Gasteiger partial charge is 0.305 e. The SMILES string of the molecule is CCCCCCCCCCCCCCCCCCCCCCCCCCCC(O)C(CO)NC(=O)CCCCCCCCCCCCCCCCCCC/C=C\CCCCCCCCCCCCCCCCCCOC(=O)CCCCCCCCCCCCCC. The fraction of sp³-hybridized carbons (Fsp3) is 0.953. The second-order valence-corrected chi connectivity index (χ2v) is 29.5. The van der Waals surface area contributed by atoms with Crippen molar-refractivity contribution in [1.82, 2.24) is 5.32 Å². The second kappa shape index (κ2) is 81.0. The summed E-state index contributed by atoms with van der Waals surface area (Å²) < 4.78 is 5.49. The number of carbonyl (C=O) groups is 2. The van der Waals surface area contributed by atoms with Crippen LogP contribution in [0.25, 0.3) is 0 Å². The Balaban J connectivity index is 3.33. The second-order valence-electron chi connectivity index (χ2n) is 29.5. The lowest BCUT2D eigenvalue weighted by atomic mass is 10.0. The summed E-state index contributed by atoms with van der Waals surface area (Å²) in [7, 11) is 0. The molecule has 0 saturated carbocycles. The van der Waals surface area contributed by atoms with Crippen LogP contribution in [0.2, 0.25) is 0 Å². The Morgan fingerprint density at radius 2 is 0.516 bits per heavy atom. The number of hydrogen-bond donors (Lipinski definition) is 3. The van der Waals surface area contributed by atoms with Crippen LogP contribution < -0.4 is 5.32 Å². The van der Waals surface area contributed by atoms with E-state index in [1.807, 2.05) is 0 Å². The average molecular weight is 1280 g/mol. The number of allylic oxidation sites excluding steroid dienone is 2. The third-order valence-corrected chi connectivity index (χ3v) is 20.3. The molecule has 0 spiro atoms. The molecule has 6 heteroatoms. The van der Waals surface area contributed by atoms with Crippen LogP contribution in [-0.2, 0) is 14.3 Å². The first-order chi connectivity index (χ1) is 45.0. The topological polar surface area (TPSA) is 95.9 Å². The third-order valence-electron chi connectivity index (χ3n) is 20.3. The molecule has 0 aliphatic rings. The predicted octanol–water partition coefficient (Wildman–Crippen LogP) is 28.2. The summed E-state index contributed by atoms with van der Waals surface area (Å²) in [6.45, 7) is 5.02. The molecule has 0 fully saturated rings. The highest BCUT2D eigenvalue weighted by Gasteiger charge is 2.20. The summed E-state index contributed by atoms with van der Waals surface area (Å²) in [5.41, 5.74) is 0. The van der Waals surface area contributed by atoms with Crippen molar-refractivity contribution in [2.45, 2.75) is 508 Å². The molecule has 0 saturated heterocycles. The molecule has 1 amide bonds. The number of hydrogen-bond acceptors (Lipinski definition) is 5. The predicted molar refractivity (Wildman–Crippen MR) is 403 cm³/mol. The van der Waals surface area contributed by atoms with Gasteiger partial charge in [-0.05, 0) is 51.4 Å². The Hall–Kier alpha value is -1.40. The molecular weight excluding hydrogens is 1110 g/mol. The van der Waals surface area contributed by atoms with E-state index in [1.165, 1.54) is 424 Å². The molecule has 0 aliphatic carbocycles. The van der Waals surface area contributed by atoms with Crippen molar-refractivity contribution in [3.8, 4) is 0 Å². The molecule has 0 radical (unpaired) electrons. The van der Waals surface area contributed by atoms with Gasteiger partial charge in [-0.2, -0.15) is 0 Å². The number of esters is 1. The largest absolute Gasteiger partial charge is 0.466 e. The quantitative estimate of drug-likeness (QED) is 0.0320. The van der Waals surface area contributed by atoms with Gasteiger partial charge in [0.15, 0.2) is 0 Å². The van der Waals surface area contributed by atoms with Gasteiger partial charge in [-0.15, -0.1) is 0 Å². The van der Waals surface area contributed by atoms with Crippen LogP contribution in [0.15, 0.2) is 12.2 Å². The van der Waals surface area contributed by atoms with Crippen LogP contribution >= 0.6 is 0 Å². The van der Waals surface area contributed by atoms with Crippen molar-refractivity contribution in [2.75, 3.05) is 13.2 Å². The van der Waals surface area contributed by atoms with Crippen LogP contribution in [0, 0.1) is 0 Å². The van der Waals surface area contributed by atoms with Gasteiger partial charge in [-0.25, -0.2) is 0 Å². The van der Waals surface area contributed by atoms with Crippen molar-refractivity contribution in [3.63, 3.8) is 0 Å². The van der Waals surface area contributed by atoms with Gasteiger partial charge in [-0.1, -0.05) is 443 Å². The highest BCUT2D eigenvalue weighted by Crippen LogP contribution is 2.21. The Morgan fingerprint density at radius 1 is 0.297 bits per heavy atom. The molecule has 0 aromatic rings. The van der Waals surface area contributed by atoms with E-state index in [0.29, 0.717) is 25.9 Å². The summed E-state index contributed by atoms with van der Waals surface area (Å²) in [5.74, 6) is -0.000846. The first kappa shape index (κ1) is 89.6. The van der Waals surface area contributed by atoms with Gasteiger partial charge in [0.2, 0.25) is 5.91 Å². The molecule has 0 aromatic carbocycles. The molecule has 0 bridgehead atoms. The minimum atomic E-state index is -0.663.